The van der Waals surface area contributed by atoms with E-state index in [1.807, 2.05) is 70.5 Å². The summed E-state index contributed by atoms with van der Waals surface area (Å²) in [6.45, 7) is 3.00. The van der Waals surface area contributed by atoms with Crippen molar-refractivity contribution < 1.29 is 17.9 Å². The van der Waals surface area contributed by atoms with E-state index in [1.165, 1.54) is 11.8 Å². The van der Waals surface area contributed by atoms with E-state index in [0.29, 0.717) is 43.6 Å². The monoisotopic (exact) mass is 536 g/mol. The van der Waals surface area contributed by atoms with Crippen molar-refractivity contribution in [3.63, 3.8) is 0 Å². The molecular formula is C27H28N4O4S2. The van der Waals surface area contributed by atoms with Gasteiger partial charge in [-0.2, -0.15) is 8.42 Å². The highest BCUT2D eigenvalue weighted by molar-refractivity contribution is 8.15. The summed E-state index contributed by atoms with van der Waals surface area (Å²) in [5.41, 5.74) is 2.61. The lowest BCUT2D eigenvalue weighted by Crippen LogP contribution is -2.49. The van der Waals surface area contributed by atoms with Crippen LogP contribution in [0.4, 0.5) is 11.4 Å². The van der Waals surface area contributed by atoms with Gasteiger partial charge >= 0.3 is 0 Å². The SMILES string of the molecule is COc1ccccc1N1CCN(C(=O)CSC2=NS(=O)(=O)c3ccccc3N2Cc2ccccc2)CC1. The first-order valence-corrected chi connectivity index (χ1v) is 14.4. The number of carbonyl (C=O) groups is 1. The van der Waals surface area contributed by atoms with E-state index in [1.54, 1.807) is 25.3 Å². The van der Waals surface area contributed by atoms with E-state index in [4.69, 9.17) is 4.74 Å². The van der Waals surface area contributed by atoms with Crippen molar-refractivity contribution in [1.82, 2.24) is 4.90 Å². The van der Waals surface area contributed by atoms with Crippen LogP contribution in [0.2, 0.25) is 0 Å². The van der Waals surface area contributed by atoms with Crippen molar-refractivity contribution in [3.8, 4) is 5.75 Å². The summed E-state index contributed by atoms with van der Waals surface area (Å²) in [4.78, 5) is 19.2. The molecule has 8 nitrogen and oxygen atoms in total. The van der Waals surface area contributed by atoms with Gasteiger partial charge in [-0.1, -0.05) is 66.4 Å². The number of benzene rings is 3. The minimum atomic E-state index is -3.85. The van der Waals surface area contributed by atoms with Gasteiger partial charge in [0.05, 0.1) is 30.8 Å². The predicted octanol–water partition coefficient (Wildman–Crippen LogP) is 3.84. The van der Waals surface area contributed by atoms with Gasteiger partial charge in [0.15, 0.2) is 5.17 Å². The molecule has 10 heteroatoms. The van der Waals surface area contributed by atoms with Crippen molar-refractivity contribution in [2.24, 2.45) is 4.40 Å². The van der Waals surface area contributed by atoms with Crippen LogP contribution in [0, 0.1) is 0 Å². The molecule has 37 heavy (non-hydrogen) atoms. The average Bonchev–Trinajstić information content (AvgIpc) is 2.94. The number of amidine groups is 1. The molecular weight excluding hydrogens is 508 g/mol. The minimum Gasteiger partial charge on any atom is -0.495 e. The number of amides is 1. The zero-order valence-electron chi connectivity index (χ0n) is 20.5. The topological polar surface area (TPSA) is 82.5 Å². The van der Waals surface area contributed by atoms with Crippen molar-refractivity contribution in [2.45, 2.75) is 11.4 Å². The molecule has 0 N–H and O–H groups in total. The molecule has 3 aromatic carbocycles. The van der Waals surface area contributed by atoms with Crippen LogP contribution >= 0.6 is 11.8 Å². The number of hydrogen-bond acceptors (Lipinski definition) is 7. The summed E-state index contributed by atoms with van der Waals surface area (Å²) in [5.74, 6) is 0.882. The highest BCUT2D eigenvalue weighted by Crippen LogP contribution is 2.35. The third kappa shape index (κ3) is 5.45. The first-order valence-electron chi connectivity index (χ1n) is 12.0. The van der Waals surface area contributed by atoms with Crippen LogP contribution in [0.5, 0.6) is 5.75 Å². The maximum Gasteiger partial charge on any atom is 0.286 e. The quantitative estimate of drug-likeness (QED) is 0.473. The Kier molecular flexibility index (Phi) is 7.38. The summed E-state index contributed by atoms with van der Waals surface area (Å²) in [5, 5.41) is 0.309. The molecule has 192 valence electrons. The highest BCUT2D eigenvalue weighted by atomic mass is 32.2. The Morgan fingerprint density at radius 3 is 2.27 bits per heavy atom. The number of thioether (sulfide) groups is 1. The first kappa shape index (κ1) is 25.2. The van der Waals surface area contributed by atoms with Gasteiger partial charge in [-0.05, 0) is 29.8 Å². The number of nitrogens with zero attached hydrogens (tertiary/aromatic N) is 4. The van der Waals surface area contributed by atoms with Crippen LogP contribution in [-0.4, -0.2) is 63.4 Å². The van der Waals surface area contributed by atoms with Crippen LogP contribution < -0.4 is 14.5 Å². The Morgan fingerprint density at radius 1 is 0.892 bits per heavy atom. The van der Waals surface area contributed by atoms with Crippen LogP contribution in [0.25, 0.3) is 0 Å². The molecule has 0 bridgehead atoms. The molecule has 0 atom stereocenters. The lowest BCUT2D eigenvalue weighted by Gasteiger charge is -2.37. The minimum absolute atomic E-state index is 0.0386. The molecule has 1 amide bonds. The molecule has 1 saturated heterocycles. The number of para-hydroxylation sites is 3. The third-order valence-electron chi connectivity index (χ3n) is 6.43. The second-order valence-corrected chi connectivity index (χ2v) is 11.2. The number of hydrogen-bond donors (Lipinski definition) is 0. The Hall–Kier alpha value is -3.50. The molecule has 0 aromatic heterocycles. The number of rotatable bonds is 6. The smallest absolute Gasteiger partial charge is 0.286 e. The molecule has 0 spiro atoms. The van der Waals surface area contributed by atoms with Gasteiger partial charge in [0.25, 0.3) is 10.0 Å². The third-order valence-corrected chi connectivity index (χ3v) is 8.82. The van der Waals surface area contributed by atoms with E-state index in [9.17, 15) is 13.2 Å². The second-order valence-electron chi connectivity index (χ2n) is 8.72. The Morgan fingerprint density at radius 2 is 1.54 bits per heavy atom. The summed E-state index contributed by atoms with van der Waals surface area (Å²) in [6, 6.07) is 24.5. The summed E-state index contributed by atoms with van der Waals surface area (Å²) >= 11 is 1.17. The van der Waals surface area contributed by atoms with Crippen molar-refractivity contribution >= 4 is 44.2 Å². The number of piperazine rings is 1. The van der Waals surface area contributed by atoms with E-state index >= 15 is 0 Å². The number of carbonyl (C=O) groups excluding carboxylic acids is 1. The van der Waals surface area contributed by atoms with E-state index < -0.39 is 10.0 Å². The van der Waals surface area contributed by atoms with Crippen LogP contribution in [0.15, 0.2) is 88.2 Å². The predicted molar refractivity (Wildman–Crippen MR) is 148 cm³/mol. The normalized spacial score (nSPS) is 16.7. The van der Waals surface area contributed by atoms with E-state index in [2.05, 4.69) is 9.30 Å². The standard InChI is InChI=1S/C27H28N4O4S2/c1-35-24-13-7-5-11-22(24)29-15-17-30(18-16-29)26(32)20-36-27-28-37(33,34)25-14-8-6-12-23(25)31(27)19-21-9-3-2-4-10-21/h2-14H,15-20H2,1H3. The maximum atomic E-state index is 13.1. The number of anilines is 2. The Bertz CT molecular complexity index is 1400. The van der Waals surface area contributed by atoms with Crippen LogP contribution in [0.1, 0.15) is 5.56 Å². The molecule has 0 radical (unpaired) electrons. The van der Waals surface area contributed by atoms with Gasteiger partial charge in [0.1, 0.15) is 10.6 Å². The van der Waals surface area contributed by atoms with Gasteiger partial charge in [0, 0.05) is 26.2 Å². The molecule has 0 saturated carbocycles. The fourth-order valence-corrected chi connectivity index (χ4v) is 6.89. The van der Waals surface area contributed by atoms with Gasteiger partial charge in [-0.25, -0.2) is 0 Å². The molecule has 2 aliphatic heterocycles. The van der Waals surface area contributed by atoms with E-state index in [-0.39, 0.29) is 16.6 Å². The molecule has 5 rings (SSSR count). The van der Waals surface area contributed by atoms with Gasteiger partial charge in [-0.15, -0.1) is 4.40 Å². The van der Waals surface area contributed by atoms with Crippen molar-refractivity contribution in [2.75, 3.05) is 48.8 Å². The molecule has 0 unspecified atom stereocenters. The molecule has 3 aromatic rings. The fraction of sp³-hybridized carbons (Fsp3) is 0.259. The largest absolute Gasteiger partial charge is 0.495 e. The highest BCUT2D eigenvalue weighted by Gasteiger charge is 2.32. The molecule has 0 aliphatic carbocycles. The molecule has 2 aliphatic rings. The maximum absolute atomic E-state index is 13.1. The van der Waals surface area contributed by atoms with Crippen LogP contribution in [-0.2, 0) is 21.4 Å². The van der Waals surface area contributed by atoms with Crippen LogP contribution in [0.3, 0.4) is 0 Å². The van der Waals surface area contributed by atoms with Crippen molar-refractivity contribution in [3.05, 3.63) is 84.4 Å². The second kappa shape index (κ2) is 10.9. The van der Waals surface area contributed by atoms with E-state index in [0.717, 1.165) is 17.0 Å². The Balaban J connectivity index is 1.28. The first-order chi connectivity index (χ1) is 18.0. The van der Waals surface area contributed by atoms with Gasteiger partial charge in [0.2, 0.25) is 5.91 Å². The van der Waals surface area contributed by atoms with Crippen molar-refractivity contribution in [1.29, 1.82) is 0 Å². The summed E-state index contributed by atoms with van der Waals surface area (Å²) in [7, 11) is -2.20. The lowest BCUT2D eigenvalue weighted by molar-refractivity contribution is -0.128. The Labute approximate surface area is 221 Å². The number of methoxy groups -OCH3 is 1. The number of ether oxygens (including phenoxy) is 1. The summed E-state index contributed by atoms with van der Waals surface area (Å²) < 4.78 is 35.4. The molecule has 1 fully saturated rings. The number of sulfonamides is 1. The number of fused-ring (bicyclic) bond motifs is 1. The van der Waals surface area contributed by atoms with Gasteiger partial charge in [-0.3, -0.25) is 4.79 Å². The van der Waals surface area contributed by atoms with Gasteiger partial charge < -0.3 is 19.4 Å². The zero-order chi connectivity index (χ0) is 25.8. The average molecular weight is 537 g/mol. The molecule has 2 heterocycles. The lowest BCUT2D eigenvalue weighted by atomic mass is 10.2. The fourth-order valence-electron chi connectivity index (χ4n) is 4.53. The zero-order valence-corrected chi connectivity index (χ0v) is 22.1. The summed E-state index contributed by atoms with van der Waals surface area (Å²) in [6.07, 6.45) is 0.